The number of aromatic nitrogens is 1. The van der Waals surface area contributed by atoms with E-state index in [4.69, 9.17) is 0 Å². The van der Waals surface area contributed by atoms with Crippen LogP contribution in [-0.2, 0) is 16.1 Å². The number of carbonyl (C=O) groups is 3. The highest BCUT2D eigenvalue weighted by Crippen LogP contribution is 2.31. The average Bonchev–Trinajstić information content (AvgIpc) is 3.03. The minimum atomic E-state index is -1.07. The third-order valence-corrected chi connectivity index (χ3v) is 5.29. The number of likely N-dealkylation sites (N-methyl/N-ethyl adjacent to an activating group) is 1. The summed E-state index contributed by atoms with van der Waals surface area (Å²) < 4.78 is 1.89. The minimum Gasteiger partial charge on any atom is -0.355 e. The molecule has 0 saturated carbocycles. The highest BCUT2D eigenvalue weighted by molar-refractivity contribution is 6.03. The van der Waals surface area contributed by atoms with Gasteiger partial charge < -0.3 is 20.1 Å². The van der Waals surface area contributed by atoms with E-state index in [1.807, 2.05) is 41.8 Å². The van der Waals surface area contributed by atoms with Crippen LogP contribution in [0.25, 0.3) is 10.9 Å². The van der Waals surface area contributed by atoms with Crippen LogP contribution in [-0.4, -0.2) is 52.9 Å². The normalized spacial score (nSPS) is 19.1. The molecular weight excluding hydrogens is 344 g/mol. The molecule has 1 aromatic heterocycles. The molecule has 3 rings (SSSR count). The van der Waals surface area contributed by atoms with E-state index < -0.39 is 5.54 Å². The monoisotopic (exact) mass is 370 g/mol. The summed E-state index contributed by atoms with van der Waals surface area (Å²) in [4.78, 5) is 39.1. The van der Waals surface area contributed by atoms with Crippen molar-refractivity contribution in [1.82, 2.24) is 20.1 Å². The molecule has 0 radical (unpaired) electrons. The number of benzene rings is 1. The van der Waals surface area contributed by atoms with Crippen molar-refractivity contribution in [2.24, 2.45) is 0 Å². The molecule has 0 saturated heterocycles. The van der Waals surface area contributed by atoms with E-state index >= 15 is 0 Å². The van der Waals surface area contributed by atoms with Gasteiger partial charge in [0.05, 0.1) is 13.1 Å². The maximum atomic E-state index is 12.9. The van der Waals surface area contributed by atoms with Crippen molar-refractivity contribution in [2.75, 3.05) is 20.1 Å². The van der Waals surface area contributed by atoms with E-state index in [0.29, 0.717) is 18.8 Å². The molecule has 1 aliphatic heterocycles. The van der Waals surface area contributed by atoms with Crippen LogP contribution >= 0.6 is 0 Å². The topological polar surface area (TPSA) is 83.4 Å². The van der Waals surface area contributed by atoms with Gasteiger partial charge in [-0.1, -0.05) is 31.5 Å². The molecule has 27 heavy (non-hydrogen) atoms. The first-order chi connectivity index (χ1) is 12.9. The molecule has 0 aliphatic carbocycles. The molecule has 144 valence electrons. The number of para-hydroxylation sites is 1. The molecule has 7 heteroatoms. The standard InChI is InChI=1S/C20H26N4O3/c1-4-5-10-21-17(25)12-22-19(27)20(2)13-24-15-9-7-6-8-14(15)11-16(24)18(26)23(20)3/h6-9,11H,4-5,10,12-13H2,1-3H3,(H,21,25)(H,22,27). The molecular formula is C20H26N4O3. The van der Waals surface area contributed by atoms with Gasteiger partial charge in [0, 0.05) is 24.5 Å². The van der Waals surface area contributed by atoms with Crippen molar-refractivity contribution < 1.29 is 14.4 Å². The van der Waals surface area contributed by atoms with E-state index in [0.717, 1.165) is 23.7 Å². The van der Waals surface area contributed by atoms with Crippen LogP contribution in [0.2, 0.25) is 0 Å². The Morgan fingerprint density at radius 3 is 2.70 bits per heavy atom. The number of nitrogens with zero attached hydrogens (tertiary/aromatic N) is 2. The Labute approximate surface area is 158 Å². The lowest BCUT2D eigenvalue weighted by Gasteiger charge is -2.41. The van der Waals surface area contributed by atoms with Crippen LogP contribution in [0.5, 0.6) is 0 Å². The maximum absolute atomic E-state index is 12.9. The van der Waals surface area contributed by atoms with Gasteiger partial charge in [-0.15, -0.1) is 0 Å². The van der Waals surface area contributed by atoms with Crippen molar-refractivity contribution >= 4 is 28.6 Å². The Hall–Kier alpha value is -2.83. The van der Waals surface area contributed by atoms with E-state index in [1.165, 1.54) is 4.90 Å². The van der Waals surface area contributed by atoms with E-state index in [-0.39, 0.29) is 24.3 Å². The van der Waals surface area contributed by atoms with Crippen LogP contribution < -0.4 is 10.6 Å². The molecule has 0 fully saturated rings. The van der Waals surface area contributed by atoms with E-state index in [1.54, 1.807) is 14.0 Å². The van der Waals surface area contributed by atoms with Gasteiger partial charge in [0.15, 0.2) is 0 Å². The summed E-state index contributed by atoms with van der Waals surface area (Å²) in [5, 5.41) is 6.42. The summed E-state index contributed by atoms with van der Waals surface area (Å²) in [6, 6.07) is 9.58. The molecule has 3 amide bonds. The molecule has 0 bridgehead atoms. The van der Waals surface area contributed by atoms with Crippen molar-refractivity contribution in [2.45, 2.75) is 38.8 Å². The second kappa shape index (κ2) is 7.42. The summed E-state index contributed by atoms with van der Waals surface area (Å²) in [6.45, 7) is 4.61. The number of fused-ring (bicyclic) bond motifs is 3. The predicted octanol–water partition coefficient (Wildman–Crippen LogP) is 1.52. The maximum Gasteiger partial charge on any atom is 0.271 e. The zero-order valence-corrected chi connectivity index (χ0v) is 16.0. The van der Waals surface area contributed by atoms with Crippen LogP contribution in [0.4, 0.5) is 0 Å². The number of unbranched alkanes of at least 4 members (excludes halogenated alkanes) is 1. The Bertz CT molecular complexity index is 888. The average molecular weight is 370 g/mol. The van der Waals surface area contributed by atoms with Gasteiger partial charge in [-0.3, -0.25) is 14.4 Å². The fourth-order valence-electron chi connectivity index (χ4n) is 3.41. The zero-order chi connectivity index (χ0) is 19.6. The van der Waals surface area contributed by atoms with Gasteiger partial charge in [0.1, 0.15) is 11.2 Å². The zero-order valence-electron chi connectivity index (χ0n) is 16.0. The summed E-state index contributed by atoms with van der Waals surface area (Å²) in [5.41, 5.74) is 0.418. The number of hydrogen-bond acceptors (Lipinski definition) is 3. The fraction of sp³-hybridized carbons (Fsp3) is 0.450. The Morgan fingerprint density at radius 2 is 1.96 bits per heavy atom. The van der Waals surface area contributed by atoms with Gasteiger partial charge in [-0.05, 0) is 25.5 Å². The first kappa shape index (κ1) is 18.9. The van der Waals surface area contributed by atoms with Gasteiger partial charge in [0.2, 0.25) is 11.8 Å². The van der Waals surface area contributed by atoms with Gasteiger partial charge >= 0.3 is 0 Å². The highest BCUT2D eigenvalue weighted by Gasteiger charge is 2.45. The molecule has 2 N–H and O–H groups in total. The molecule has 1 aliphatic rings. The first-order valence-electron chi connectivity index (χ1n) is 9.30. The number of amides is 3. The first-order valence-corrected chi connectivity index (χ1v) is 9.30. The molecule has 1 unspecified atom stereocenters. The number of hydrogen-bond donors (Lipinski definition) is 2. The highest BCUT2D eigenvalue weighted by atomic mass is 16.2. The van der Waals surface area contributed by atoms with Crippen LogP contribution in [0.3, 0.4) is 0 Å². The Balaban J connectivity index is 1.78. The lowest BCUT2D eigenvalue weighted by molar-refractivity contribution is -0.134. The van der Waals surface area contributed by atoms with Gasteiger partial charge in [-0.2, -0.15) is 0 Å². The van der Waals surface area contributed by atoms with Crippen molar-refractivity contribution in [3.63, 3.8) is 0 Å². The Kier molecular flexibility index (Phi) is 5.21. The number of nitrogens with one attached hydrogen (secondary N) is 2. The van der Waals surface area contributed by atoms with E-state index in [2.05, 4.69) is 10.6 Å². The van der Waals surface area contributed by atoms with Gasteiger partial charge in [0.25, 0.3) is 5.91 Å². The number of carbonyl (C=O) groups excluding carboxylic acids is 3. The van der Waals surface area contributed by atoms with Crippen LogP contribution in [0.15, 0.2) is 30.3 Å². The Morgan fingerprint density at radius 1 is 1.22 bits per heavy atom. The van der Waals surface area contributed by atoms with Crippen molar-refractivity contribution in [3.05, 3.63) is 36.0 Å². The largest absolute Gasteiger partial charge is 0.355 e. The molecule has 2 aromatic rings. The SMILES string of the molecule is CCCCNC(=O)CNC(=O)C1(C)Cn2c(cc3ccccc32)C(=O)N1C. The third-order valence-electron chi connectivity index (χ3n) is 5.29. The molecule has 7 nitrogen and oxygen atoms in total. The van der Waals surface area contributed by atoms with Crippen molar-refractivity contribution in [1.29, 1.82) is 0 Å². The van der Waals surface area contributed by atoms with Gasteiger partial charge in [-0.25, -0.2) is 0 Å². The summed E-state index contributed by atoms with van der Waals surface area (Å²) in [5.74, 6) is -0.771. The smallest absolute Gasteiger partial charge is 0.271 e. The van der Waals surface area contributed by atoms with Crippen LogP contribution in [0, 0.1) is 0 Å². The number of rotatable bonds is 6. The second-order valence-corrected chi connectivity index (χ2v) is 7.20. The molecule has 0 spiro atoms. The summed E-state index contributed by atoms with van der Waals surface area (Å²) in [7, 11) is 1.63. The quantitative estimate of drug-likeness (QED) is 0.756. The summed E-state index contributed by atoms with van der Waals surface area (Å²) in [6.07, 6.45) is 1.89. The molecule has 1 atom stereocenters. The lowest BCUT2D eigenvalue weighted by Crippen LogP contribution is -2.63. The molecule has 2 heterocycles. The minimum absolute atomic E-state index is 0.0978. The van der Waals surface area contributed by atoms with E-state index in [9.17, 15) is 14.4 Å². The third kappa shape index (κ3) is 3.41. The van der Waals surface area contributed by atoms with Crippen molar-refractivity contribution in [3.8, 4) is 0 Å². The van der Waals surface area contributed by atoms with Crippen LogP contribution in [0.1, 0.15) is 37.2 Å². The predicted molar refractivity (Wildman–Crippen MR) is 103 cm³/mol. The summed E-state index contributed by atoms with van der Waals surface area (Å²) >= 11 is 0. The lowest BCUT2D eigenvalue weighted by atomic mass is 9.95. The molecule has 1 aromatic carbocycles. The fourth-order valence-corrected chi connectivity index (χ4v) is 3.41. The second-order valence-electron chi connectivity index (χ2n) is 7.20.